The Balaban J connectivity index is 1.57. The van der Waals surface area contributed by atoms with Gasteiger partial charge in [-0.15, -0.1) is 0 Å². The molecule has 2 heterocycles. The van der Waals surface area contributed by atoms with Crippen molar-refractivity contribution in [3.8, 4) is 0 Å². The van der Waals surface area contributed by atoms with E-state index in [0.717, 1.165) is 36.7 Å². The van der Waals surface area contributed by atoms with Crippen molar-refractivity contribution in [1.29, 1.82) is 0 Å². The van der Waals surface area contributed by atoms with Gasteiger partial charge in [0.1, 0.15) is 0 Å². The van der Waals surface area contributed by atoms with Crippen molar-refractivity contribution in [2.75, 3.05) is 26.9 Å². The molecule has 0 unspecified atom stereocenters. The molecule has 2 N–H and O–H groups in total. The van der Waals surface area contributed by atoms with E-state index in [1.807, 2.05) is 29.2 Å². The number of carbonyl (C=O) groups excluding carboxylic acids is 1. The number of amides is 1. The Morgan fingerprint density at radius 2 is 2.27 bits per heavy atom. The monoisotopic (exact) mass is 359 g/mol. The van der Waals surface area contributed by atoms with Crippen LogP contribution in [0.5, 0.6) is 0 Å². The Morgan fingerprint density at radius 3 is 3.04 bits per heavy atom. The minimum Gasteiger partial charge on any atom is -0.394 e. The number of aliphatic hydroxyl groups excluding tert-OH is 1. The van der Waals surface area contributed by atoms with Crippen LogP contribution in [0, 0.1) is 0 Å². The van der Waals surface area contributed by atoms with Crippen LogP contribution in [0.3, 0.4) is 0 Å². The van der Waals surface area contributed by atoms with Crippen LogP contribution < -0.4 is 0 Å². The number of aromatic nitrogens is 2. The zero-order valence-corrected chi connectivity index (χ0v) is 15.0. The third-order valence-corrected chi connectivity index (χ3v) is 5.84. The second kappa shape index (κ2) is 6.98. The van der Waals surface area contributed by atoms with Gasteiger partial charge in [0, 0.05) is 13.7 Å². The average molecular weight is 359 g/mol. The summed E-state index contributed by atoms with van der Waals surface area (Å²) in [6, 6.07) is 7.61. The quantitative estimate of drug-likeness (QED) is 0.849. The molecule has 140 valence electrons. The first-order chi connectivity index (χ1) is 12.7. The molecular weight excluding hydrogens is 334 g/mol. The first kappa shape index (κ1) is 17.5. The lowest BCUT2D eigenvalue weighted by Crippen LogP contribution is -2.53. The van der Waals surface area contributed by atoms with E-state index in [2.05, 4.69) is 9.97 Å². The Morgan fingerprint density at radius 1 is 1.42 bits per heavy atom. The van der Waals surface area contributed by atoms with Gasteiger partial charge >= 0.3 is 0 Å². The maximum atomic E-state index is 13.1. The fourth-order valence-corrected chi connectivity index (χ4v) is 4.47. The summed E-state index contributed by atoms with van der Waals surface area (Å²) in [6.07, 6.45) is 3.33. The maximum absolute atomic E-state index is 13.1. The number of para-hydroxylation sites is 2. The van der Waals surface area contributed by atoms with E-state index < -0.39 is 0 Å². The summed E-state index contributed by atoms with van der Waals surface area (Å²) in [5.74, 6) is 0.282. The van der Waals surface area contributed by atoms with E-state index in [-0.39, 0.29) is 30.3 Å². The number of likely N-dealkylation sites (tertiary alicyclic amines) is 1. The van der Waals surface area contributed by atoms with E-state index in [1.54, 1.807) is 7.11 Å². The molecule has 0 spiro atoms. The molecule has 2 aromatic rings. The third-order valence-electron chi connectivity index (χ3n) is 5.84. The van der Waals surface area contributed by atoms with Crippen LogP contribution in [0.25, 0.3) is 11.0 Å². The summed E-state index contributed by atoms with van der Waals surface area (Å²) in [5, 5.41) is 9.01. The van der Waals surface area contributed by atoms with Gasteiger partial charge in [-0.1, -0.05) is 12.1 Å². The molecule has 7 heteroatoms. The number of nitrogens with one attached hydrogen (secondary N) is 1. The number of nitrogens with zero attached hydrogens (tertiary/aromatic N) is 2. The number of benzene rings is 1. The summed E-state index contributed by atoms with van der Waals surface area (Å²) in [7, 11) is 1.73. The van der Waals surface area contributed by atoms with Gasteiger partial charge in [-0.3, -0.25) is 4.79 Å². The smallest absolute Gasteiger partial charge is 0.290 e. The average Bonchev–Trinajstić information content (AvgIpc) is 3.27. The van der Waals surface area contributed by atoms with Gasteiger partial charge < -0.3 is 24.5 Å². The number of aromatic amines is 1. The first-order valence-electron chi connectivity index (χ1n) is 9.20. The van der Waals surface area contributed by atoms with Gasteiger partial charge in [-0.05, 0) is 37.8 Å². The van der Waals surface area contributed by atoms with Crippen molar-refractivity contribution in [2.24, 2.45) is 0 Å². The SMILES string of the molecule is CO[C@@]12CC[C@H](OCCO)C[C@@H]1N(C(=O)c1nc3ccccc3[nH]1)CC2. The van der Waals surface area contributed by atoms with Gasteiger partial charge in [0.15, 0.2) is 5.82 Å². The summed E-state index contributed by atoms with van der Waals surface area (Å²) in [6.45, 7) is 0.994. The van der Waals surface area contributed by atoms with E-state index in [9.17, 15) is 4.79 Å². The van der Waals surface area contributed by atoms with Crippen molar-refractivity contribution in [1.82, 2.24) is 14.9 Å². The molecule has 26 heavy (non-hydrogen) atoms. The maximum Gasteiger partial charge on any atom is 0.290 e. The number of imidazole rings is 1. The highest BCUT2D eigenvalue weighted by Crippen LogP contribution is 2.43. The van der Waals surface area contributed by atoms with Crippen molar-refractivity contribution in [3.63, 3.8) is 0 Å². The van der Waals surface area contributed by atoms with E-state index >= 15 is 0 Å². The van der Waals surface area contributed by atoms with Crippen molar-refractivity contribution >= 4 is 16.9 Å². The molecule has 7 nitrogen and oxygen atoms in total. The summed E-state index contributed by atoms with van der Waals surface area (Å²) in [4.78, 5) is 22.6. The predicted octanol–water partition coefficient (Wildman–Crippen LogP) is 1.72. The summed E-state index contributed by atoms with van der Waals surface area (Å²) in [5.41, 5.74) is 1.35. The Kier molecular flexibility index (Phi) is 4.69. The Labute approximate surface area is 152 Å². The van der Waals surface area contributed by atoms with Gasteiger partial charge in [0.25, 0.3) is 5.91 Å². The number of fused-ring (bicyclic) bond motifs is 2. The van der Waals surface area contributed by atoms with Gasteiger partial charge in [0.2, 0.25) is 0 Å². The summed E-state index contributed by atoms with van der Waals surface area (Å²) >= 11 is 0. The van der Waals surface area contributed by atoms with E-state index in [4.69, 9.17) is 14.6 Å². The van der Waals surface area contributed by atoms with Crippen LogP contribution in [0.1, 0.15) is 36.3 Å². The molecule has 1 aliphatic carbocycles. The lowest BCUT2D eigenvalue weighted by atomic mass is 9.79. The van der Waals surface area contributed by atoms with Crippen LogP contribution in [-0.4, -0.2) is 70.5 Å². The van der Waals surface area contributed by atoms with Crippen LogP contribution in [-0.2, 0) is 9.47 Å². The lowest BCUT2D eigenvalue weighted by molar-refractivity contribution is -0.0992. The molecular formula is C19H25N3O4. The molecule has 1 aliphatic heterocycles. The number of ether oxygens (including phenoxy) is 2. The van der Waals surface area contributed by atoms with Gasteiger partial charge in [0.05, 0.1) is 42.0 Å². The van der Waals surface area contributed by atoms with Crippen LogP contribution in [0.2, 0.25) is 0 Å². The normalized spacial score (nSPS) is 28.5. The largest absolute Gasteiger partial charge is 0.394 e. The number of H-pyrrole nitrogens is 1. The number of hydrogen-bond donors (Lipinski definition) is 2. The highest BCUT2D eigenvalue weighted by molar-refractivity contribution is 5.94. The second-order valence-electron chi connectivity index (χ2n) is 7.13. The fraction of sp³-hybridized carbons (Fsp3) is 0.579. The van der Waals surface area contributed by atoms with Crippen molar-refractivity contribution < 1.29 is 19.4 Å². The zero-order chi connectivity index (χ0) is 18.1. The van der Waals surface area contributed by atoms with E-state index in [0.29, 0.717) is 19.0 Å². The highest BCUT2D eigenvalue weighted by atomic mass is 16.5. The molecule has 1 saturated carbocycles. The molecule has 2 aliphatic rings. The van der Waals surface area contributed by atoms with Crippen molar-refractivity contribution in [3.05, 3.63) is 30.1 Å². The minimum atomic E-state index is -0.305. The Hall–Kier alpha value is -1.96. The van der Waals surface area contributed by atoms with E-state index in [1.165, 1.54) is 0 Å². The third kappa shape index (κ3) is 2.90. The minimum absolute atomic E-state index is 0.0121. The molecule has 4 rings (SSSR count). The Bertz CT molecular complexity index is 759. The molecule has 0 radical (unpaired) electrons. The number of methoxy groups -OCH3 is 1. The van der Waals surface area contributed by atoms with Crippen LogP contribution in [0.15, 0.2) is 24.3 Å². The number of hydrogen-bond acceptors (Lipinski definition) is 5. The molecule has 1 saturated heterocycles. The van der Waals surface area contributed by atoms with Gasteiger partial charge in [-0.2, -0.15) is 0 Å². The van der Waals surface area contributed by atoms with Crippen molar-refractivity contribution in [2.45, 2.75) is 43.4 Å². The molecule has 1 aromatic carbocycles. The van der Waals surface area contributed by atoms with Gasteiger partial charge in [-0.25, -0.2) is 4.98 Å². The molecule has 1 aromatic heterocycles. The number of aliphatic hydroxyl groups is 1. The topological polar surface area (TPSA) is 87.7 Å². The number of carbonyl (C=O) groups is 1. The van der Waals surface area contributed by atoms with Crippen LogP contribution >= 0.6 is 0 Å². The molecule has 1 amide bonds. The first-order valence-corrected chi connectivity index (χ1v) is 9.20. The zero-order valence-electron chi connectivity index (χ0n) is 15.0. The molecule has 2 fully saturated rings. The predicted molar refractivity (Wildman–Crippen MR) is 96.0 cm³/mol. The summed E-state index contributed by atoms with van der Waals surface area (Å²) < 4.78 is 11.6. The number of rotatable bonds is 5. The molecule has 0 bridgehead atoms. The highest BCUT2D eigenvalue weighted by Gasteiger charge is 2.53. The van der Waals surface area contributed by atoms with Crippen LogP contribution in [0.4, 0.5) is 0 Å². The second-order valence-corrected chi connectivity index (χ2v) is 7.13. The fourth-order valence-electron chi connectivity index (χ4n) is 4.47. The standard InChI is InChI=1S/C19H25N3O4/c1-25-19-7-6-13(26-11-10-23)12-16(19)22(9-8-19)18(24)17-20-14-4-2-3-5-15(14)21-17/h2-5,13,16,23H,6-12H2,1H3,(H,20,21)/t13-,16-,19+/m0/s1. The lowest BCUT2D eigenvalue weighted by Gasteiger charge is -2.43. The molecule has 3 atom stereocenters.